The molecule has 0 saturated heterocycles. The summed E-state index contributed by atoms with van der Waals surface area (Å²) in [4.78, 5) is 194. The topological polar surface area (TPSA) is 497 Å². The second-order valence-corrected chi connectivity index (χ2v) is 38.2. The fourth-order valence-electron chi connectivity index (χ4n) is 21.0. The number of hydrogen-bond donors (Lipinski definition) is 12. The van der Waals surface area contributed by atoms with E-state index in [1.807, 2.05) is 0 Å². The number of ketones is 4. The Hall–Kier alpha value is -15.9. The van der Waals surface area contributed by atoms with Crippen LogP contribution in [0.15, 0.2) is 66.9 Å². The predicted octanol–water partition coefficient (Wildman–Crippen LogP) is 11.1. The standard InChI is InChI=1S/C25H24F4N4O4.C25H23F2N7O3.C25H25F2N5O4.C24H24F4N4O4/c1-10-14(26)6-13(7-15(10)27)31-21(35)19-11(2)18(17-5-12-4-16(12)33(17)19)20(34)22(36)32-24(23(37)30-3)8-25(28,29)9-24;1-13-5-6-16(8-15(13)9-28)30-22(36)20-14(2)19(17-4-3-7-34(17)20)21(35)23(37)31-24(11-25(26,27)12-24)18-10-29-33-32-18;1-13-6-7-16(9-15(13)10-28)30-21(34)19-14(2)18(17-5-4-8-32(17)19)20(33)22(35)31-24(23(36)29-3)11-25(26,27)12-24;1-11-14(25)7-13(8-15(11)26)30-20(34)18-12(2)17(16-5-4-6-32(16)18)19(33)21(35)31-23(22(36)29-3)9-24(27,28)10-23/h6-7,12,16H,4-5,8-9H2,1-3H3,(H,30,37)(H,31,35)(H,32,36);5-6,8,10H,3-4,7,11-12H2,1-2H3,(H,30,36)(H,31,37)(H,29,32,33);6-7,9H,4-5,8,11-12H2,1-3H3,(H,29,36)(H,30,34)(H,31,35);7-8H,4-6,9-10H2,1-3H3,(H,29,36)(H,30,34)(H,31,35)/t12-,16-;;;/m1.../s1. The Morgan fingerprint density at radius 2 is 0.692 bits per heavy atom. The van der Waals surface area contributed by atoms with Crippen molar-refractivity contribution in [3.63, 3.8) is 0 Å². The highest BCUT2D eigenvalue weighted by atomic mass is 19.3. The van der Waals surface area contributed by atoms with Crippen LogP contribution in [-0.2, 0) is 84.4 Å². The number of aromatic amines is 1. The Morgan fingerprint density at radius 3 is 0.993 bits per heavy atom. The Bertz CT molecular complexity index is 7160. The third-order valence-electron chi connectivity index (χ3n) is 28.1. The molecular weight excluding hydrogens is 1940 g/mol. The van der Waals surface area contributed by atoms with E-state index in [0.717, 1.165) is 41.8 Å². The van der Waals surface area contributed by atoms with Crippen molar-refractivity contribution in [1.82, 2.24) is 70.9 Å². The van der Waals surface area contributed by atoms with E-state index in [2.05, 4.69) is 86.0 Å². The molecule has 5 aliphatic carbocycles. The third-order valence-corrected chi connectivity index (χ3v) is 28.1. The van der Waals surface area contributed by atoms with Crippen LogP contribution in [0.1, 0.15) is 251 Å². The maximum Gasteiger partial charge on any atom is 0.293 e. The zero-order valence-corrected chi connectivity index (χ0v) is 80.2. The molecule has 9 aliphatic rings. The lowest BCUT2D eigenvalue weighted by Gasteiger charge is -2.46. The minimum Gasteiger partial charge on any atom is -0.357 e. The molecule has 47 heteroatoms. The Kier molecular flexibility index (Phi) is 27.7. The summed E-state index contributed by atoms with van der Waals surface area (Å²) in [6, 6.07) is 17.8. The first-order chi connectivity index (χ1) is 68.6. The smallest absolute Gasteiger partial charge is 0.293 e. The van der Waals surface area contributed by atoms with Gasteiger partial charge in [-0.1, -0.05) is 12.1 Å². The van der Waals surface area contributed by atoms with E-state index in [9.17, 15) is 135 Å². The largest absolute Gasteiger partial charge is 0.357 e. The summed E-state index contributed by atoms with van der Waals surface area (Å²) in [5.41, 5.74) is -1.08. The van der Waals surface area contributed by atoms with Crippen LogP contribution in [0.25, 0.3) is 0 Å². The summed E-state index contributed by atoms with van der Waals surface area (Å²) < 4.78 is 172. The molecule has 5 saturated carbocycles. The highest BCUT2D eigenvalue weighted by Crippen LogP contribution is 2.56. The van der Waals surface area contributed by atoms with E-state index < -0.39 is 209 Å². The summed E-state index contributed by atoms with van der Waals surface area (Å²) in [6.07, 6.45) is -1.33. The molecule has 766 valence electrons. The minimum atomic E-state index is -3.16. The van der Waals surface area contributed by atoms with Gasteiger partial charge in [-0.2, -0.15) is 25.9 Å². The van der Waals surface area contributed by atoms with Gasteiger partial charge in [-0.3, -0.25) is 71.9 Å². The van der Waals surface area contributed by atoms with Gasteiger partial charge < -0.3 is 76.8 Å². The predicted molar refractivity (Wildman–Crippen MR) is 493 cm³/mol. The van der Waals surface area contributed by atoms with E-state index in [1.54, 1.807) is 82.4 Å². The van der Waals surface area contributed by atoms with Gasteiger partial charge >= 0.3 is 0 Å². The van der Waals surface area contributed by atoms with Crippen molar-refractivity contribution in [1.29, 1.82) is 10.5 Å². The number of nitrogens with one attached hydrogen (secondary N) is 12. The van der Waals surface area contributed by atoms with Gasteiger partial charge in [0.05, 0.1) is 57.3 Å². The van der Waals surface area contributed by atoms with E-state index in [4.69, 9.17) is 0 Å². The maximum atomic E-state index is 14.0. The number of aromatic nitrogens is 7. The number of nitriles is 2. The van der Waals surface area contributed by atoms with Gasteiger partial charge in [0.25, 0.3) is 94.1 Å². The summed E-state index contributed by atoms with van der Waals surface area (Å²) in [6.45, 7) is 13.4. The number of alkyl halides is 8. The fraction of sp³-hybridized carbons (Fsp3) is 0.404. The van der Waals surface area contributed by atoms with Gasteiger partial charge in [0.1, 0.15) is 68.4 Å². The van der Waals surface area contributed by atoms with Crippen molar-refractivity contribution in [2.24, 2.45) is 5.92 Å². The van der Waals surface area contributed by atoms with Crippen molar-refractivity contribution < 1.29 is 125 Å². The Morgan fingerprint density at radius 1 is 0.390 bits per heavy atom. The number of halogens is 12. The van der Waals surface area contributed by atoms with Gasteiger partial charge in [-0.25, -0.2) is 52.7 Å². The van der Waals surface area contributed by atoms with Crippen molar-refractivity contribution in [2.45, 2.75) is 230 Å². The third kappa shape index (κ3) is 19.4. The number of amides is 11. The highest BCUT2D eigenvalue weighted by Gasteiger charge is 2.66. The van der Waals surface area contributed by atoms with Crippen LogP contribution in [0.3, 0.4) is 0 Å². The van der Waals surface area contributed by atoms with E-state index >= 15 is 0 Å². The highest BCUT2D eigenvalue weighted by molar-refractivity contribution is 6.46. The van der Waals surface area contributed by atoms with Crippen LogP contribution in [0.2, 0.25) is 0 Å². The lowest BCUT2D eigenvalue weighted by atomic mass is 9.71. The van der Waals surface area contributed by atoms with E-state index in [1.165, 1.54) is 55.0 Å². The van der Waals surface area contributed by atoms with Crippen LogP contribution < -0.4 is 58.5 Å². The van der Waals surface area contributed by atoms with Gasteiger partial charge in [0, 0.05) is 155 Å². The number of likely N-dealkylation sites (N-methyl/N-ethyl adjacent to an activating group) is 3. The second kappa shape index (κ2) is 38.7. The number of carbonyl (C=O) groups is 15. The summed E-state index contributed by atoms with van der Waals surface area (Å²) >= 11 is 0. The number of benzene rings is 4. The summed E-state index contributed by atoms with van der Waals surface area (Å²) in [5.74, 6) is -29.3. The number of fused-ring (bicyclic) bond motifs is 6. The number of Topliss-reactive ketones (excluding diaryl/α,β-unsaturated/α-hetero) is 4. The fourth-order valence-corrected chi connectivity index (χ4v) is 21.0. The molecule has 11 amide bonds. The number of H-pyrrole nitrogens is 1. The molecule has 35 nitrogen and oxygen atoms in total. The average molecular weight is 2030 g/mol. The lowest BCUT2D eigenvalue weighted by molar-refractivity contribution is -0.164. The van der Waals surface area contributed by atoms with Crippen molar-refractivity contribution in [3.05, 3.63) is 219 Å². The van der Waals surface area contributed by atoms with Gasteiger partial charge in [-0.15, -0.1) is 0 Å². The van der Waals surface area contributed by atoms with Crippen molar-refractivity contribution in [3.8, 4) is 12.1 Å². The molecule has 9 heterocycles. The Balaban J connectivity index is 0.000000146. The second-order valence-electron chi connectivity index (χ2n) is 38.2. The molecule has 0 unspecified atom stereocenters. The van der Waals surface area contributed by atoms with Gasteiger partial charge in [0.15, 0.2) is 0 Å². The molecule has 0 spiro atoms. The SMILES string of the molecule is CNC(=O)C1(NC(=O)C(=O)c2c(C)c(C(=O)Nc3cc(F)c(C)c(F)c3)n3c2CCC3)CC(F)(F)C1.CNC(=O)C1(NC(=O)C(=O)c2c(C)c(C(=O)Nc3cc(F)c(C)c(F)c3)n3c2C[C@H]2C[C@H]23)CC(F)(F)C1.CNC(=O)C1(NC(=O)C(=O)c2c(C)c(C(=O)Nc3ccc(C)c(C#N)c3)n3c2CCC3)CC(F)(F)C1.Cc1ccc(NC(=O)c2c(C)c(C(=O)C(=O)NC3(c4cn[nH]n4)CC(F)(F)C3)c3n2CCC3)cc1C#N. The van der Waals surface area contributed by atoms with Crippen LogP contribution >= 0.6 is 0 Å². The quantitative estimate of drug-likeness (QED) is 0.0152. The molecule has 5 aromatic heterocycles. The normalized spacial score (nSPS) is 18.1. The first kappa shape index (κ1) is 104. The molecule has 4 aromatic carbocycles. The monoisotopic (exact) mass is 2030 g/mol. The summed E-state index contributed by atoms with van der Waals surface area (Å²) in [7, 11) is 3.73. The number of rotatable bonds is 24. The average Bonchev–Trinajstić information content (AvgIpc) is 1.54. The molecule has 2 atom stereocenters. The van der Waals surface area contributed by atoms with Crippen molar-refractivity contribution >= 4 is 111 Å². The van der Waals surface area contributed by atoms with Crippen LogP contribution in [0.4, 0.5) is 75.4 Å². The number of anilines is 4. The molecule has 9 aromatic rings. The molecule has 5 fully saturated rings. The summed E-state index contributed by atoms with van der Waals surface area (Å²) in [5, 5.41) is 54.6. The zero-order chi connectivity index (χ0) is 107. The molecule has 4 aliphatic heterocycles. The molecule has 0 radical (unpaired) electrons. The van der Waals surface area contributed by atoms with E-state index in [-0.39, 0.29) is 102 Å². The number of aryl methyl sites for hydroxylation is 2. The number of nitrogens with zero attached hydrogens (tertiary/aromatic N) is 8. The molecule has 146 heavy (non-hydrogen) atoms. The van der Waals surface area contributed by atoms with Gasteiger partial charge in [-0.05, 0) is 195 Å². The minimum absolute atomic E-state index is 0.0331. The lowest BCUT2D eigenvalue weighted by Crippen LogP contribution is -2.69. The van der Waals surface area contributed by atoms with Crippen LogP contribution in [0.5, 0.6) is 0 Å². The molecular formula is C99H96F12N20O15. The number of hydrogen-bond acceptors (Lipinski definition) is 19. The van der Waals surface area contributed by atoms with Crippen molar-refractivity contribution in [2.75, 3.05) is 42.4 Å². The van der Waals surface area contributed by atoms with Crippen LogP contribution in [-0.4, -0.2) is 183 Å². The molecule has 18 rings (SSSR count). The Labute approximate surface area is 822 Å². The van der Waals surface area contributed by atoms with Crippen LogP contribution in [0, 0.1) is 107 Å². The maximum absolute atomic E-state index is 14.0. The molecule has 12 N–H and O–H groups in total. The molecule has 0 bridgehead atoms. The van der Waals surface area contributed by atoms with E-state index in [0.29, 0.717) is 115 Å². The first-order valence-electron chi connectivity index (χ1n) is 46.2. The van der Waals surface area contributed by atoms with Gasteiger partial charge in [0.2, 0.25) is 17.7 Å². The zero-order valence-electron chi connectivity index (χ0n) is 80.2. The first-order valence-corrected chi connectivity index (χ1v) is 46.2. The number of carbonyl (C=O) groups excluding carboxylic acids is 15.